The molecule has 0 spiro atoms. The van der Waals surface area contributed by atoms with E-state index in [1.54, 1.807) is 10.4 Å². The molecule has 0 radical (unpaired) electrons. The molecule has 7 nitrogen and oxygen atoms in total. The number of fused-ring (bicyclic) bond motifs is 6. The normalized spacial score (nSPS) is 14.8. The van der Waals surface area contributed by atoms with Gasteiger partial charge in [-0.1, -0.05) is 318 Å². The molecule has 0 atom stereocenters. The summed E-state index contributed by atoms with van der Waals surface area (Å²) in [4.78, 5) is 14.6. The molecule has 1 saturated heterocycles. The van der Waals surface area contributed by atoms with Crippen molar-refractivity contribution in [3.05, 3.63) is 357 Å². The predicted molar refractivity (Wildman–Crippen MR) is 561 cm³/mol. The second kappa shape index (κ2) is 40.3. The van der Waals surface area contributed by atoms with Gasteiger partial charge in [-0.3, -0.25) is 4.90 Å². The highest BCUT2D eigenvalue weighted by molar-refractivity contribution is 7.21. The average Bonchev–Trinajstić information content (AvgIpc) is 0.695. The molecule has 0 aliphatic carbocycles. The molecule has 1 fully saturated rings. The van der Waals surface area contributed by atoms with Crippen LogP contribution in [0.3, 0.4) is 0 Å². The minimum Gasteiger partial charge on any atom is -0.487 e. The van der Waals surface area contributed by atoms with Gasteiger partial charge in [0.05, 0.1) is 0 Å². The van der Waals surface area contributed by atoms with Gasteiger partial charge >= 0.3 is 0 Å². The summed E-state index contributed by atoms with van der Waals surface area (Å²) >= 11 is 0. The third-order valence-corrected chi connectivity index (χ3v) is 33.1. The van der Waals surface area contributed by atoms with Crippen LogP contribution >= 0.6 is 0 Å². The van der Waals surface area contributed by atoms with Crippen molar-refractivity contribution in [2.75, 3.05) is 46.8 Å². The average molecular weight is 1720 g/mol. The zero-order valence-electron chi connectivity index (χ0n) is 82.0. The van der Waals surface area contributed by atoms with Crippen molar-refractivity contribution in [1.82, 2.24) is 9.80 Å². The van der Waals surface area contributed by atoms with Gasteiger partial charge in [-0.2, -0.15) is 0 Å². The van der Waals surface area contributed by atoms with E-state index in [0.717, 1.165) is 16.9 Å². The standard InChI is InChI=1S/C28H27NSi.C22H22O.C19H23N.C18H23NSi.C16H19N.C9H19N.C6H15N/c1-28(2,3)29-24-18-10-12-20-26(24)30(22-14-6-4-7-15-22,23-16-8-5-9-17-23)27-21-13-11-19-25(27)29;1-22(2,3)23-21-19(17-11-6-4-7-12-17)15-10-16-20(21)18-13-8-5-9-14-18;1-18(2,3)20-16-12-8-6-10-14(16)19(4,5)15-11-7-9-13-17(15)20;1-18(2,3)19-14-10-6-8-12-16(14)20(4,5)17-13-9-7-11-15(17)19;1-16(2,3)17(14-10-6-4-7-11-14)15-12-8-5-9-13-15;1-9(2,3)10-7-5-4-6-8-10;1-6(2,3)7(4)5/h4-21H,1-3H3;4-16H,1-3H3;2*6-13H,1-5H3;4-13H,1-3H3;4-8H2,1-3H3;1-5H3. The SMILES string of the molecule is CC(C)(C)N(c1ccccc1)c1ccccc1.CC(C)(C)N1CCCCC1.CC(C)(C)N1c2ccccc2[Si](C)(C)c2ccccc21.CC(C)(C)N1c2ccccc2[Si](c2ccccc2)(c2ccccc2)c2ccccc21.CC(C)(C)Oc1c(-c2ccccc2)cccc1-c1ccccc1.CC1(C)c2ccccc2N(C(C)(C)C)c2ccccc21.CN(C)C(C)(C)C. The van der Waals surface area contributed by atoms with Crippen LogP contribution in [-0.4, -0.2) is 92.0 Å². The Morgan fingerprint density at radius 3 is 0.866 bits per heavy atom. The molecule has 17 rings (SSSR count). The van der Waals surface area contributed by atoms with Gasteiger partial charge in [0.1, 0.15) is 19.4 Å². The van der Waals surface area contributed by atoms with E-state index in [-0.39, 0.29) is 33.2 Å². The summed E-state index contributed by atoms with van der Waals surface area (Å²) in [6.45, 7) is 59.2. The first kappa shape index (κ1) is 96.8. The molecule has 4 heterocycles. The fourth-order valence-electron chi connectivity index (χ4n) is 18.2. The lowest BCUT2D eigenvalue weighted by Gasteiger charge is -2.49. The van der Waals surface area contributed by atoms with Crippen LogP contribution in [0.1, 0.15) is 190 Å². The third-order valence-electron chi connectivity index (χ3n) is 24.7. The van der Waals surface area contributed by atoms with Crippen molar-refractivity contribution in [2.45, 2.75) is 236 Å². The van der Waals surface area contributed by atoms with Gasteiger partial charge in [-0.05, 0) is 299 Å². The van der Waals surface area contributed by atoms with Crippen LogP contribution in [0, 0.1) is 0 Å². The second-order valence-electron chi connectivity index (χ2n) is 42.4. The highest BCUT2D eigenvalue weighted by Crippen LogP contribution is 2.52. The van der Waals surface area contributed by atoms with E-state index >= 15 is 0 Å². The molecule has 4 aliphatic heterocycles. The molecule has 0 aromatic heterocycles. The lowest BCUT2D eigenvalue weighted by atomic mass is 9.73. The molecule has 0 unspecified atom stereocenters. The number of piperidine rings is 1. The minimum atomic E-state index is -2.44. The summed E-state index contributed by atoms with van der Waals surface area (Å²) in [5.74, 6) is 0.942. The molecule has 13 aromatic rings. The van der Waals surface area contributed by atoms with Gasteiger partial charge in [-0.25, -0.2) is 0 Å². The molecule has 9 heteroatoms. The van der Waals surface area contributed by atoms with Crippen LogP contribution < -0.4 is 55.5 Å². The zero-order chi connectivity index (χ0) is 92.1. The number of ether oxygens (including phenoxy) is 1. The van der Waals surface area contributed by atoms with E-state index in [2.05, 4.69) is 549 Å². The van der Waals surface area contributed by atoms with E-state index < -0.39 is 16.1 Å². The maximum absolute atomic E-state index is 6.37. The van der Waals surface area contributed by atoms with Crippen molar-refractivity contribution >= 4 is 92.8 Å². The first-order chi connectivity index (χ1) is 59.9. The molecule has 664 valence electrons. The molecular formula is C118H148N6OSi2. The monoisotopic (exact) mass is 1720 g/mol. The number of para-hydroxylation sites is 9. The Kier molecular flexibility index (Phi) is 30.7. The highest BCUT2D eigenvalue weighted by atomic mass is 28.3. The summed E-state index contributed by atoms with van der Waals surface area (Å²) in [6, 6.07) is 124. The third kappa shape index (κ3) is 22.9. The fourth-order valence-corrected chi connectivity index (χ4v) is 26.3. The Morgan fingerprint density at radius 1 is 0.291 bits per heavy atom. The van der Waals surface area contributed by atoms with Crippen LogP contribution in [0.2, 0.25) is 13.1 Å². The predicted octanol–water partition coefficient (Wildman–Crippen LogP) is 27.8. The van der Waals surface area contributed by atoms with Crippen molar-refractivity contribution in [3.8, 4) is 28.0 Å². The second-order valence-corrected chi connectivity index (χ2v) is 50.5. The molecule has 0 amide bonds. The number of anilines is 8. The first-order valence-electron chi connectivity index (χ1n) is 46.2. The van der Waals surface area contributed by atoms with Crippen LogP contribution in [-0.2, 0) is 5.41 Å². The van der Waals surface area contributed by atoms with Gasteiger partial charge < -0.3 is 29.2 Å². The van der Waals surface area contributed by atoms with Gasteiger partial charge in [-0.15, -0.1) is 0 Å². The number of likely N-dealkylation sites (tertiary alicyclic amines) is 1. The summed E-state index contributed by atoms with van der Waals surface area (Å²) in [6.07, 6.45) is 4.24. The summed E-state index contributed by atoms with van der Waals surface area (Å²) in [7, 11) is 0.134. The molecule has 4 aliphatic rings. The Bertz CT molecular complexity index is 5240. The van der Waals surface area contributed by atoms with Crippen molar-refractivity contribution in [2.24, 2.45) is 0 Å². The molecular weight excluding hydrogens is 1570 g/mol. The van der Waals surface area contributed by atoms with Gasteiger partial charge in [0.25, 0.3) is 0 Å². The molecule has 0 N–H and O–H groups in total. The summed E-state index contributed by atoms with van der Waals surface area (Å²) in [5, 5.41) is 8.91. The van der Waals surface area contributed by atoms with E-state index in [4.69, 9.17) is 4.74 Å². The van der Waals surface area contributed by atoms with E-state index in [0.29, 0.717) is 11.1 Å². The lowest BCUT2D eigenvalue weighted by molar-refractivity contribution is 0.111. The van der Waals surface area contributed by atoms with Crippen LogP contribution in [0.5, 0.6) is 5.75 Å². The number of hydrogen-bond donors (Lipinski definition) is 0. The van der Waals surface area contributed by atoms with Gasteiger partial charge in [0.2, 0.25) is 0 Å². The van der Waals surface area contributed by atoms with Crippen LogP contribution in [0.4, 0.5) is 45.5 Å². The van der Waals surface area contributed by atoms with E-state index in [1.165, 1.54) is 121 Å². The highest BCUT2D eigenvalue weighted by Gasteiger charge is 2.50. The number of hydrogen-bond acceptors (Lipinski definition) is 7. The van der Waals surface area contributed by atoms with E-state index in [9.17, 15) is 0 Å². The molecule has 0 bridgehead atoms. The summed E-state index contributed by atoms with van der Waals surface area (Å²) < 4.78 is 6.37. The maximum atomic E-state index is 6.37. The minimum absolute atomic E-state index is 0.0276. The molecule has 13 aromatic carbocycles. The summed E-state index contributed by atoms with van der Waals surface area (Å²) in [5.41, 5.74) is 18.7. The first-order valence-corrected chi connectivity index (χ1v) is 51.2. The quantitative estimate of drug-likeness (QED) is 0.147. The van der Waals surface area contributed by atoms with Gasteiger partial charge in [0, 0.05) is 95.3 Å². The maximum Gasteiger partial charge on any atom is 0.183 e. The zero-order valence-corrected chi connectivity index (χ0v) is 84.0. The van der Waals surface area contributed by atoms with Gasteiger partial charge in [0.15, 0.2) is 8.07 Å². The van der Waals surface area contributed by atoms with Crippen molar-refractivity contribution in [1.29, 1.82) is 0 Å². The Hall–Kier alpha value is -10.8. The van der Waals surface area contributed by atoms with Crippen LogP contribution in [0.15, 0.2) is 346 Å². The fraction of sp³-hybridized carbons (Fsp3) is 0.339. The Labute approximate surface area is 769 Å². The Balaban J connectivity index is 0.000000149. The topological polar surface area (TPSA) is 28.7 Å². The molecule has 127 heavy (non-hydrogen) atoms. The number of rotatable bonds is 7. The smallest absolute Gasteiger partial charge is 0.183 e. The van der Waals surface area contributed by atoms with Crippen molar-refractivity contribution in [3.63, 3.8) is 0 Å². The number of benzene rings is 13. The number of nitrogens with zero attached hydrogens (tertiary/aromatic N) is 6. The van der Waals surface area contributed by atoms with Crippen molar-refractivity contribution < 1.29 is 4.74 Å². The Morgan fingerprint density at radius 2 is 0.567 bits per heavy atom. The van der Waals surface area contributed by atoms with Crippen LogP contribution in [0.25, 0.3) is 22.3 Å². The lowest BCUT2D eigenvalue weighted by Crippen LogP contribution is -2.78. The van der Waals surface area contributed by atoms with E-state index in [1.807, 2.05) is 12.1 Å². The largest absolute Gasteiger partial charge is 0.487 e. The molecule has 0 saturated carbocycles.